The monoisotopic (exact) mass is 677 g/mol. The highest BCUT2D eigenvalue weighted by atomic mass is 15.1. The van der Waals surface area contributed by atoms with Crippen molar-refractivity contribution in [3.05, 3.63) is 234 Å². The third-order valence-corrected chi connectivity index (χ3v) is 11.7. The summed E-state index contributed by atoms with van der Waals surface area (Å²) in [4.78, 5) is 2.33. The SMILES string of the molecule is CC1(C)c2cccc3c2-c2c1cccc2C3(c1ccccc1)c1cccc(-c2ccc(N(c3ccccc3)c3ccc(-c4ccccc4)cc3)cc2)c1. The van der Waals surface area contributed by atoms with Gasteiger partial charge in [-0.15, -0.1) is 0 Å². The van der Waals surface area contributed by atoms with E-state index >= 15 is 0 Å². The number of anilines is 3. The molecule has 0 saturated heterocycles. The third-order valence-electron chi connectivity index (χ3n) is 11.7. The molecule has 0 heterocycles. The molecular weight excluding hydrogens is 639 g/mol. The molecule has 1 heteroatoms. The Kier molecular flexibility index (Phi) is 7.13. The summed E-state index contributed by atoms with van der Waals surface area (Å²) in [6.07, 6.45) is 0. The van der Waals surface area contributed by atoms with Crippen LogP contribution in [0.25, 0.3) is 33.4 Å². The van der Waals surface area contributed by atoms with Crippen LogP contribution >= 0.6 is 0 Å². The van der Waals surface area contributed by atoms with Crippen molar-refractivity contribution in [2.75, 3.05) is 4.90 Å². The van der Waals surface area contributed by atoms with Crippen LogP contribution in [-0.4, -0.2) is 0 Å². The fourth-order valence-electron chi connectivity index (χ4n) is 9.27. The Bertz CT molecular complexity index is 2550. The second kappa shape index (κ2) is 12.1. The lowest BCUT2D eigenvalue weighted by molar-refractivity contribution is 0.652. The van der Waals surface area contributed by atoms with Gasteiger partial charge in [0, 0.05) is 22.5 Å². The van der Waals surface area contributed by atoms with Crippen molar-refractivity contribution in [3.63, 3.8) is 0 Å². The number of nitrogens with zero attached hydrogens (tertiary/aromatic N) is 1. The number of hydrogen-bond donors (Lipinski definition) is 0. The van der Waals surface area contributed by atoms with E-state index in [-0.39, 0.29) is 5.41 Å². The van der Waals surface area contributed by atoms with Crippen molar-refractivity contribution in [2.24, 2.45) is 0 Å². The summed E-state index contributed by atoms with van der Waals surface area (Å²) < 4.78 is 0. The van der Waals surface area contributed by atoms with E-state index in [2.05, 4.69) is 219 Å². The fraction of sp³-hybridized carbons (Fsp3) is 0.0769. The van der Waals surface area contributed by atoms with Crippen LogP contribution in [0.4, 0.5) is 17.1 Å². The minimum atomic E-state index is -0.416. The van der Waals surface area contributed by atoms with Gasteiger partial charge in [-0.1, -0.05) is 172 Å². The Hall–Kier alpha value is -6.44. The maximum atomic E-state index is 2.43. The van der Waals surface area contributed by atoms with E-state index in [1.165, 1.54) is 66.8 Å². The van der Waals surface area contributed by atoms with Crippen LogP contribution < -0.4 is 4.90 Å². The minimum Gasteiger partial charge on any atom is -0.311 e. The summed E-state index contributed by atoms with van der Waals surface area (Å²) in [5.74, 6) is 0. The van der Waals surface area contributed by atoms with Crippen LogP contribution in [0.1, 0.15) is 47.2 Å². The van der Waals surface area contributed by atoms with Gasteiger partial charge in [-0.3, -0.25) is 0 Å². The molecule has 0 spiro atoms. The van der Waals surface area contributed by atoms with Crippen LogP contribution in [0.15, 0.2) is 200 Å². The Morgan fingerprint density at radius 2 is 0.717 bits per heavy atom. The summed E-state index contributed by atoms with van der Waals surface area (Å²) >= 11 is 0. The summed E-state index contributed by atoms with van der Waals surface area (Å²) in [5, 5.41) is 0. The molecule has 1 nitrogen and oxygen atoms in total. The van der Waals surface area contributed by atoms with Crippen LogP contribution in [0, 0.1) is 0 Å². The fourth-order valence-corrected chi connectivity index (χ4v) is 9.27. The Morgan fingerprint density at radius 1 is 0.321 bits per heavy atom. The third kappa shape index (κ3) is 4.70. The molecule has 252 valence electrons. The molecule has 2 aliphatic carbocycles. The normalized spacial score (nSPS) is 14.2. The molecule has 0 N–H and O–H groups in total. The zero-order valence-corrected chi connectivity index (χ0v) is 30.0. The van der Waals surface area contributed by atoms with Gasteiger partial charge in [0.1, 0.15) is 0 Å². The van der Waals surface area contributed by atoms with Crippen molar-refractivity contribution in [1.82, 2.24) is 0 Å². The number of rotatable bonds is 7. The molecule has 0 saturated carbocycles. The highest BCUT2D eigenvalue weighted by Crippen LogP contribution is 2.64. The predicted octanol–water partition coefficient (Wildman–Crippen LogP) is 13.5. The summed E-state index contributed by atoms with van der Waals surface area (Å²) in [5.41, 5.74) is 18.9. The zero-order chi connectivity index (χ0) is 35.6. The van der Waals surface area contributed by atoms with Crippen molar-refractivity contribution in [3.8, 4) is 33.4 Å². The van der Waals surface area contributed by atoms with E-state index in [1.807, 2.05) is 0 Å². The topological polar surface area (TPSA) is 3.24 Å². The average Bonchev–Trinajstić information content (AvgIpc) is 3.66. The maximum Gasteiger partial charge on any atom is 0.0713 e. The highest BCUT2D eigenvalue weighted by Gasteiger charge is 2.52. The van der Waals surface area contributed by atoms with Crippen LogP contribution in [-0.2, 0) is 10.8 Å². The molecule has 0 amide bonds. The average molecular weight is 678 g/mol. The van der Waals surface area contributed by atoms with E-state index in [4.69, 9.17) is 0 Å². The van der Waals surface area contributed by atoms with E-state index < -0.39 is 5.41 Å². The molecule has 10 rings (SSSR count). The first kappa shape index (κ1) is 31.3. The van der Waals surface area contributed by atoms with E-state index in [0.717, 1.165) is 17.1 Å². The molecule has 8 aromatic rings. The highest BCUT2D eigenvalue weighted by molar-refractivity contribution is 5.95. The Balaban J connectivity index is 1.08. The van der Waals surface area contributed by atoms with E-state index in [0.29, 0.717) is 0 Å². The van der Waals surface area contributed by atoms with Crippen molar-refractivity contribution in [2.45, 2.75) is 24.7 Å². The molecular formula is C52H39N. The van der Waals surface area contributed by atoms with Crippen molar-refractivity contribution >= 4 is 17.1 Å². The predicted molar refractivity (Wildman–Crippen MR) is 221 cm³/mol. The van der Waals surface area contributed by atoms with Gasteiger partial charge < -0.3 is 4.90 Å². The molecule has 0 radical (unpaired) electrons. The Morgan fingerprint density at radius 3 is 1.28 bits per heavy atom. The van der Waals surface area contributed by atoms with Crippen LogP contribution in [0.2, 0.25) is 0 Å². The quantitative estimate of drug-likeness (QED) is 0.162. The molecule has 0 aromatic heterocycles. The van der Waals surface area contributed by atoms with Gasteiger partial charge in [-0.2, -0.15) is 0 Å². The van der Waals surface area contributed by atoms with E-state index in [9.17, 15) is 0 Å². The van der Waals surface area contributed by atoms with Crippen LogP contribution in [0.5, 0.6) is 0 Å². The molecule has 0 bridgehead atoms. The van der Waals surface area contributed by atoms with Gasteiger partial charge in [-0.25, -0.2) is 0 Å². The number of hydrogen-bond acceptors (Lipinski definition) is 1. The first-order valence-corrected chi connectivity index (χ1v) is 18.6. The van der Waals surface area contributed by atoms with Crippen molar-refractivity contribution < 1.29 is 0 Å². The minimum absolute atomic E-state index is 0.0271. The lowest BCUT2D eigenvalue weighted by atomic mass is 9.65. The molecule has 0 fully saturated rings. The number of benzene rings is 8. The second-order valence-electron chi connectivity index (χ2n) is 14.9. The molecule has 53 heavy (non-hydrogen) atoms. The van der Waals surface area contributed by atoms with E-state index in [1.54, 1.807) is 0 Å². The molecule has 0 aliphatic heterocycles. The number of para-hydroxylation sites is 1. The first-order valence-electron chi connectivity index (χ1n) is 18.6. The van der Waals surface area contributed by atoms with Crippen LogP contribution in [0.3, 0.4) is 0 Å². The standard InChI is InChI=1S/C52H39N/c1-51(2)45-23-13-25-47-49(45)50-46(51)24-14-26-48(50)52(47,40-18-8-4-9-19-40)41-20-12-17-39(35-41)38-29-33-44(34-30-38)53(42-21-10-5-11-22-42)43-31-27-37(28-32-43)36-15-6-3-7-16-36/h3-35H,1-2H3. The Labute approximate surface area is 312 Å². The van der Waals surface area contributed by atoms with Gasteiger partial charge in [-0.05, 0) is 109 Å². The largest absolute Gasteiger partial charge is 0.311 e. The summed E-state index contributed by atoms with van der Waals surface area (Å²) in [6.45, 7) is 4.76. The molecule has 8 aromatic carbocycles. The van der Waals surface area contributed by atoms with Gasteiger partial charge in [0.2, 0.25) is 0 Å². The summed E-state index contributed by atoms with van der Waals surface area (Å²) in [6, 6.07) is 73.6. The maximum absolute atomic E-state index is 2.43. The van der Waals surface area contributed by atoms with Gasteiger partial charge in [0.15, 0.2) is 0 Å². The molecule has 0 unspecified atom stereocenters. The van der Waals surface area contributed by atoms with Gasteiger partial charge >= 0.3 is 0 Å². The summed E-state index contributed by atoms with van der Waals surface area (Å²) in [7, 11) is 0. The second-order valence-corrected chi connectivity index (χ2v) is 14.9. The smallest absolute Gasteiger partial charge is 0.0713 e. The molecule has 0 atom stereocenters. The first-order chi connectivity index (χ1) is 26.0. The molecule has 2 aliphatic rings. The lowest BCUT2D eigenvalue weighted by Crippen LogP contribution is -2.30. The lowest BCUT2D eigenvalue weighted by Gasteiger charge is -2.36. The van der Waals surface area contributed by atoms with Gasteiger partial charge in [0.25, 0.3) is 0 Å². The zero-order valence-electron chi connectivity index (χ0n) is 30.0. The van der Waals surface area contributed by atoms with Gasteiger partial charge in [0.05, 0.1) is 5.41 Å². The van der Waals surface area contributed by atoms with Crippen molar-refractivity contribution in [1.29, 1.82) is 0 Å².